The molecule has 3 rings (SSSR count). The maximum Gasteiger partial charge on any atom is 0.253 e. The zero-order chi connectivity index (χ0) is 14.1. The number of carbonyl (C=O) groups excluding carboxylic acids is 1. The molecule has 1 unspecified atom stereocenters. The van der Waals surface area contributed by atoms with E-state index >= 15 is 0 Å². The van der Waals surface area contributed by atoms with Gasteiger partial charge in [0.15, 0.2) is 0 Å². The Morgan fingerprint density at radius 2 is 2.00 bits per heavy atom. The highest BCUT2D eigenvalue weighted by atomic mass is 35.5. The zero-order valence-electron chi connectivity index (χ0n) is 11.7. The quantitative estimate of drug-likeness (QED) is 0.834. The number of amides is 1. The molecule has 1 amide bonds. The van der Waals surface area contributed by atoms with Crippen LogP contribution in [-0.2, 0) is 4.79 Å². The SMILES string of the molecule is CC1CCCN(C2=CC(=O)N(c3ccc(Cl)cc3)C2)C1. The molecule has 2 heterocycles. The summed E-state index contributed by atoms with van der Waals surface area (Å²) in [4.78, 5) is 16.4. The molecule has 3 nitrogen and oxygen atoms in total. The van der Waals surface area contributed by atoms with Crippen LogP contribution in [0.1, 0.15) is 19.8 Å². The summed E-state index contributed by atoms with van der Waals surface area (Å²) in [6.07, 6.45) is 4.29. The minimum Gasteiger partial charge on any atom is -0.373 e. The van der Waals surface area contributed by atoms with E-state index in [4.69, 9.17) is 11.6 Å². The van der Waals surface area contributed by atoms with E-state index < -0.39 is 0 Å². The normalized spacial score (nSPS) is 23.2. The third-order valence-corrected chi connectivity index (χ3v) is 4.33. The first-order valence-electron chi connectivity index (χ1n) is 7.16. The van der Waals surface area contributed by atoms with Gasteiger partial charge in [0.25, 0.3) is 5.91 Å². The van der Waals surface area contributed by atoms with E-state index in [0.29, 0.717) is 17.5 Å². The fourth-order valence-corrected chi connectivity index (χ4v) is 3.11. The van der Waals surface area contributed by atoms with Crippen molar-refractivity contribution in [2.24, 2.45) is 5.92 Å². The second-order valence-electron chi connectivity index (χ2n) is 5.73. The number of rotatable bonds is 2. The lowest BCUT2D eigenvalue weighted by molar-refractivity contribution is -0.113. The summed E-state index contributed by atoms with van der Waals surface area (Å²) in [6, 6.07) is 7.45. The third kappa shape index (κ3) is 2.68. The highest BCUT2D eigenvalue weighted by molar-refractivity contribution is 6.30. The molecule has 1 aromatic rings. The summed E-state index contributed by atoms with van der Waals surface area (Å²) in [5.41, 5.74) is 2.06. The van der Waals surface area contributed by atoms with Crippen molar-refractivity contribution < 1.29 is 4.79 Å². The largest absolute Gasteiger partial charge is 0.373 e. The van der Waals surface area contributed by atoms with Crippen LogP contribution in [0.5, 0.6) is 0 Å². The minimum atomic E-state index is 0.0700. The molecule has 0 saturated carbocycles. The number of anilines is 1. The first-order valence-corrected chi connectivity index (χ1v) is 7.54. The van der Waals surface area contributed by atoms with E-state index in [1.165, 1.54) is 12.8 Å². The fraction of sp³-hybridized carbons (Fsp3) is 0.438. The van der Waals surface area contributed by atoms with E-state index in [2.05, 4.69) is 11.8 Å². The number of piperidine rings is 1. The molecule has 1 saturated heterocycles. The Kier molecular flexibility index (Phi) is 3.70. The molecule has 106 valence electrons. The van der Waals surface area contributed by atoms with Crippen molar-refractivity contribution in [1.82, 2.24) is 4.90 Å². The maximum absolute atomic E-state index is 12.2. The van der Waals surface area contributed by atoms with Gasteiger partial charge >= 0.3 is 0 Å². The van der Waals surface area contributed by atoms with Crippen LogP contribution in [0.25, 0.3) is 0 Å². The molecule has 1 aromatic carbocycles. The summed E-state index contributed by atoms with van der Waals surface area (Å²) in [5, 5.41) is 0.693. The highest BCUT2D eigenvalue weighted by Gasteiger charge is 2.28. The Morgan fingerprint density at radius 1 is 1.25 bits per heavy atom. The molecule has 0 radical (unpaired) electrons. The Morgan fingerprint density at radius 3 is 2.70 bits per heavy atom. The van der Waals surface area contributed by atoms with Gasteiger partial charge in [-0.3, -0.25) is 4.79 Å². The van der Waals surface area contributed by atoms with E-state index in [1.807, 2.05) is 29.2 Å². The second kappa shape index (κ2) is 5.49. The average molecular weight is 291 g/mol. The van der Waals surface area contributed by atoms with Crippen molar-refractivity contribution in [2.75, 3.05) is 24.5 Å². The Bertz CT molecular complexity index is 538. The zero-order valence-corrected chi connectivity index (χ0v) is 12.4. The third-order valence-electron chi connectivity index (χ3n) is 4.08. The van der Waals surface area contributed by atoms with Crippen molar-refractivity contribution >= 4 is 23.2 Å². The van der Waals surface area contributed by atoms with E-state index in [-0.39, 0.29) is 5.91 Å². The summed E-state index contributed by atoms with van der Waals surface area (Å²) >= 11 is 5.90. The van der Waals surface area contributed by atoms with Crippen molar-refractivity contribution in [3.8, 4) is 0 Å². The Balaban J connectivity index is 1.73. The van der Waals surface area contributed by atoms with Crippen LogP contribution in [0.15, 0.2) is 36.0 Å². The molecule has 20 heavy (non-hydrogen) atoms. The van der Waals surface area contributed by atoms with E-state index in [1.54, 1.807) is 6.08 Å². The Hall–Kier alpha value is -1.48. The number of carbonyl (C=O) groups is 1. The molecular weight excluding hydrogens is 272 g/mol. The number of benzene rings is 1. The summed E-state index contributed by atoms with van der Waals surface area (Å²) in [5.74, 6) is 0.782. The van der Waals surface area contributed by atoms with Crippen molar-refractivity contribution in [2.45, 2.75) is 19.8 Å². The molecule has 1 fully saturated rings. The van der Waals surface area contributed by atoms with Crippen LogP contribution in [0, 0.1) is 5.92 Å². The molecule has 0 aliphatic carbocycles. The van der Waals surface area contributed by atoms with Crippen LogP contribution < -0.4 is 4.90 Å². The lowest BCUT2D eigenvalue weighted by Crippen LogP contribution is -2.36. The molecule has 0 bridgehead atoms. The van der Waals surface area contributed by atoms with Crippen molar-refractivity contribution in [1.29, 1.82) is 0 Å². The lowest BCUT2D eigenvalue weighted by atomic mass is 10.00. The highest BCUT2D eigenvalue weighted by Crippen LogP contribution is 2.27. The van der Waals surface area contributed by atoms with Gasteiger partial charge in [-0.1, -0.05) is 18.5 Å². The van der Waals surface area contributed by atoms with Gasteiger partial charge in [0, 0.05) is 35.6 Å². The van der Waals surface area contributed by atoms with Crippen LogP contribution >= 0.6 is 11.6 Å². The average Bonchev–Trinajstić information content (AvgIpc) is 2.82. The summed E-state index contributed by atoms with van der Waals surface area (Å²) in [7, 11) is 0. The number of hydrogen-bond donors (Lipinski definition) is 0. The molecule has 2 aliphatic rings. The van der Waals surface area contributed by atoms with Gasteiger partial charge in [0.05, 0.1) is 6.54 Å². The van der Waals surface area contributed by atoms with Gasteiger partial charge in [-0.2, -0.15) is 0 Å². The van der Waals surface area contributed by atoms with Crippen LogP contribution in [0.4, 0.5) is 5.69 Å². The van der Waals surface area contributed by atoms with Crippen LogP contribution in [0.3, 0.4) is 0 Å². The smallest absolute Gasteiger partial charge is 0.253 e. The molecule has 0 N–H and O–H groups in total. The van der Waals surface area contributed by atoms with Gasteiger partial charge < -0.3 is 9.80 Å². The molecule has 1 atom stereocenters. The first-order chi connectivity index (χ1) is 9.63. The van der Waals surface area contributed by atoms with Crippen molar-refractivity contribution in [3.63, 3.8) is 0 Å². The number of likely N-dealkylation sites (tertiary alicyclic amines) is 1. The fourth-order valence-electron chi connectivity index (χ4n) is 2.99. The van der Waals surface area contributed by atoms with Gasteiger partial charge in [-0.15, -0.1) is 0 Å². The maximum atomic E-state index is 12.2. The molecular formula is C16H19ClN2O. The molecule has 2 aliphatic heterocycles. The molecule has 0 aromatic heterocycles. The number of hydrogen-bond acceptors (Lipinski definition) is 2. The summed E-state index contributed by atoms with van der Waals surface area (Å²) in [6.45, 7) is 5.08. The van der Waals surface area contributed by atoms with Crippen LogP contribution in [0.2, 0.25) is 5.02 Å². The van der Waals surface area contributed by atoms with Crippen molar-refractivity contribution in [3.05, 3.63) is 41.1 Å². The van der Waals surface area contributed by atoms with E-state index in [9.17, 15) is 4.79 Å². The molecule has 0 spiro atoms. The standard InChI is InChI=1S/C16H19ClN2O/c1-12-3-2-8-18(10-12)15-9-16(20)19(11-15)14-6-4-13(17)5-7-14/h4-7,9,12H,2-3,8,10-11H2,1H3. The monoisotopic (exact) mass is 290 g/mol. The first kappa shape index (κ1) is 13.5. The van der Waals surface area contributed by atoms with Gasteiger partial charge in [0.2, 0.25) is 0 Å². The Labute approximate surface area is 124 Å². The topological polar surface area (TPSA) is 23.6 Å². The molecule has 4 heteroatoms. The minimum absolute atomic E-state index is 0.0700. The van der Waals surface area contributed by atoms with Gasteiger partial charge in [0.1, 0.15) is 0 Å². The van der Waals surface area contributed by atoms with Gasteiger partial charge in [-0.05, 0) is 43.0 Å². The lowest BCUT2D eigenvalue weighted by Gasteiger charge is -2.33. The predicted molar refractivity (Wildman–Crippen MR) is 81.9 cm³/mol. The number of nitrogens with zero attached hydrogens (tertiary/aromatic N) is 2. The second-order valence-corrected chi connectivity index (χ2v) is 6.17. The van der Waals surface area contributed by atoms with E-state index in [0.717, 1.165) is 24.5 Å². The van der Waals surface area contributed by atoms with Gasteiger partial charge in [-0.25, -0.2) is 0 Å². The predicted octanol–water partition coefficient (Wildman–Crippen LogP) is 3.30. The number of halogens is 1. The summed E-state index contributed by atoms with van der Waals surface area (Å²) < 4.78 is 0. The van der Waals surface area contributed by atoms with Crippen LogP contribution in [-0.4, -0.2) is 30.4 Å².